The largest absolute Gasteiger partial charge is 0.487 e. The summed E-state index contributed by atoms with van der Waals surface area (Å²) in [6, 6.07) is 13.8. The van der Waals surface area contributed by atoms with Crippen molar-refractivity contribution in [3.8, 4) is 5.75 Å². The number of amides is 3. The van der Waals surface area contributed by atoms with E-state index in [0.29, 0.717) is 48.9 Å². The summed E-state index contributed by atoms with van der Waals surface area (Å²) >= 11 is 6.18. The van der Waals surface area contributed by atoms with Crippen LogP contribution in [0.15, 0.2) is 42.5 Å². The molecule has 1 fully saturated rings. The average molecular weight is 468 g/mol. The molecule has 2 unspecified atom stereocenters. The highest BCUT2D eigenvalue weighted by Crippen LogP contribution is 2.37. The molecule has 0 spiro atoms. The van der Waals surface area contributed by atoms with Gasteiger partial charge >= 0.3 is 6.03 Å². The fourth-order valence-electron chi connectivity index (χ4n) is 5.29. The van der Waals surface area contributed by atoms with Gasteiger partial charge in [0.05, 0.1) is 18.3 Å². The van der Waals surface area contributed by atoms with Gasteiger partial charge in [0, 0.05) is 24.0 Å². The molecule has 5 rings (SSSR count). The quantitative estimate of drug-likeness (QED) is 0.679. The highest BCUT2D eigenvalue weighted by Gasteiger charge is 2.34. The number of nitrogens with zero attached hydrogens (tertiary/aromatic N) is 2. The second-order valence-electron chi connectivity index (χ2n) is 9.35. The molecule has 1 saturated heterocycles. The molecule has 6 nitrogen and oxygen atoms in total. The van der Waals surface area contributed by atoms with Crippen molar-refractivity contribution < 1.29 is 14.3 Å². The molecule has 3 amide bonds. The van der Waals surface area contributed by atoms with Crippen molar-refractivity contribution in [1.82, 2.24) is 10.2 Å². The minimum atomic E-state index is -0.0932. The monoisotopic (exact) mass is 467 g/mol. The summed E-state index contributed by atoms with van der Waals surface area (Å²) in [6.45, 7) is 3.57. The predicted octanol–water partition coefficient (Wildman–Crippen LogP) is 4.95. The van der Waals surface area contributed by atoms with E-state index in [-0.39, 0.29) is 30.0 Å². The number of likely N-dealkylation sites (tertiary alicyclic amines) is 1. The molecule has 33 heavy (non-hydrogen) atoms. The number of urea groups is 1. The number of hydrogen-bond acceptors (Lipinski definition) is 3. The van der Waals surface area contributed by atoms with Crippen LogP contribution < -0.4 is 15.0 Å². The normalized spacial score (nSPS) is 22.7. The molecule has 2 heterocycles. The number of aryl methyl sites for hydroxylation is 1. The number of hydrogen-bond donors (Lipinski definition) is 1. The number of carbonyl (C=O) groups is 2. The number of anilines is 1. The van der Waals surface area contributed by atoms with E-state index in [4.69, 9.17) is 16.3 Å². The Labute approximate surface area is 199 Å². The van der Waals surface area contributed by atoms with E-state index in [9.17, 15) is 9.59 Å². The summed E-state index contributed by atoms with van der Waals surface area (Å²) < 4.78 is 5.88. The zero-order valence-corrected chi connectivity index (χ0v) is 19.7. The van der Waals surface area contributed by atoms with Gasteiger partial charge in [0.2, 0.25) is 5.91 Å². The van der Waals surface area contributed by atoms with Gasteiger partial charge in [-0.3, -0.25) is 9.69 Å². The lowest BCUT2D eigenvalue weighted by molar-refractivity contribution is -0.127. The molecule has 2 aromatic carbocycles. The molecule has 2 aliphatic heterocycles. The standard InChI is InChI=1S/C26H30ClN3O3/c1-17-16-30(23-15-20(27)9-10-24(23)33-17)26(32)29-13-11-19(12-14-29)25(31)28-22-8-4-6-18-5-2-3-7-21(18)22/h2-3,5,7,9-10,15,17,19,22H,4,6,8,11-14,16H2,1H3,(H,28,31). The number of fused-ring (bicyclic) bond motifs is 2. The van der Waals surface area contributed by atoms with Crippen molar-refractivity contribution in [2.24, 2.45) is 5.92 Å². The summed E-state index contributed by atoms with van der Waals surface area (Å²) in [7, 11) is 0. The first kappa shape index (κ1) is 22.1. The van der Waals surface area contributed by atoms with Gasteiger partial charge in [0.1, 0.15) is 11.9 Å². The van der Waals surface area contributed by atoms with Gasteiger partial charge < -0.3 is 15.0 Å². The fourth-order valence-corrected chi connectivity index (χ4v) is 5.46. The van der Waals surface area contributed by atoms with Gasteiger partial charge in [-0.05, 0) is 68.4 Å². The van der Waals surface area contributed by atoms with E-state index in [2.05, 4.69) is 23.5 Å². The van der Waals surface area contributed by atoms with Gasteiger partial charge in [0.15, 0.2) is 0 Å². The molecule has 2 atom stereocenters. The van der Waals surface area contributed by atoms with Crippen LogP contribution in [0.2, 0.25) is 5.02 Å². The summed E-state index contributed by atoms with van der Waals surface area (Å²) in [5.41, 5.74) is 3.31. The van der Waals surface area contributed by atoms with Crippen LogP contribution in [-0.2, 0) is 11.2 Å². The van der Waals surface area contributed by atoms with Crippen molar-refractivity contribution in [1.29, 1.82) is 0 Å². The van der Waals surface area contributed by atoms with Gasteiger partial charge in [-0.15, -0.1) is 0 Å². The van der Waals surface area contributed by atoms with Crippen LogP contribution in [0.4, 0.5) is 10.5 Å². The van der Waals surface area contributed by atoms with Crippen molar-refractivity contribution in [3.05, 3.63) is 58.6 Å². The maximum atomic E-state index is 13.4. The number of halogens is 1. The van der Waals surface area contributed by atoms with Crippen LogP contribution in [0, 0.1) is 5.92 Å². The topological polar surface area (TPSA) is 61.9 Å². The molecule has 174 valence electrons. The van der Waals surface area contributed by atoms with Crippen LogP contribution in [0.5, 0.6) is 5.75 Å². The molecular formula is C26H30ClN3O3. The Morgan fingerprint density at radius 3 is 2.70 bits per heavy atom. The Hall–Kier alpha value is -2.73. The maximum Gasteiger partial charge on any atom is 0.324 e. The minimum Gasteiger partial charge on any atom is -0.487 e. The SMILES string of the molecule is CC1CN(C(=O)N2CCC(C(=O)NC3CCCc4ccccc43)CC2)c2cc(Cl)ccc2O1. The van der Waals surface area contributed by atoms with Crippen molar-refractivity contribution in [2.45, 2.75) is 51.2 Å². The van der Waals surface area contributed by atoms with Crippen molar-refractivity contribution in [2.75, 3.05) is 24.5 Å². The molecule has 1 N–H and O–H groups in total. The van der Waals surface area contributed by atoms with E-state index in [0.717, 1.165) is 19.3 Å². The highest BCUT2D eigenvalue weighted by molar-refractivity contribution is 6.31. The van der Waals surface area contributed by atoms with Gasteiger partial charge in [0.25, 0.3) is 0 Å². The van der Waals surface area contributed by atoms with E-state index >= 15 is 0 Å². The van der Waals surface area contributed by atoms with Crippen LogP contribution in [-0.4, -0.2) is 42.6 Å². The number of benzene rings is 2. The summed E-state index contributed by atoms with van der Waals surface area (Å²) in [4.78, 5) is 30.0. The summed E-state index contributed by atoms with van der Waals surface area (Å²) in [5.74, 6) is 0.725. The second kappa shape index (κ2) is 9.26. The van der Waals surface area contributed by atoms with Gasteiger partial charge in [-0.2, -0.15) is 0 Å². The Morgan fingerprint density at radius 1 is 1.09 bits per heavy atom. The van der Waals surface area contributed by atoms with E-state index in [1.165, 1.54) is 11.1 Å². The van der Waals surface area contributed by atoms with Crippen LogP contribution in [0.3, 0.4) is 0 Å². The van der Waals surface area contributed by atoms with E-state index in [1.807, 2.05) is 24.0 Å². The lowest BCUT2D eigenvalue weighted by atomic mass is 9.87. The van der Waals surface area contributed by atoms with E-state index in [1.54, 1.807) is 17.0 Å². The second-order valence-corrected chi connectivity index (χ2v) is 9.78. The molecular weight excluding hydrogens is 438 g/mol. The number of ether oxygens (including phenoxy) is 1. The lowest BCUT2D eigenvalue weighted by Gasteiger charge is -2.39. The average Bonchev–Trinajstić information content (AvgIpc) is 2.83. The zero-order valence-electron chi connectivity index (χ0n) is 18.9. The van der Waals surface area contributed by atoms with Crippen molar-refractivity contribution >= 4 is 29.2 Å². The first-order valence-electron chi connectivity index (χ1n) is 11.9. The Bertz CT molecular complexity index is 1050. The molecule has 0 bridgehead atoms. The third kappa shape index (κ3) is 4.54. The Kier molecular flexibility index (Phi) is 6.19. The highest BCUT2D eigenvalue weighted by atomic mass is 35.5. The lowest BCUT2D eigenvalue weighted by Crippen LogP contribution is -2.52. The van der Waals surface area contributed by atoms with Gasteiger partial charge in [-0.25, -0.2) is 4.79 Å². The Balaban J connectivity index is 1.21. The van der Waals surface area contributed by atoms with Crippen LogP contribution in [0.1, 0.15) is 49.8 Å². The number of rotatable bonds is 2. The Morgan fingerprint density at radius 2 is 1.88 bits per heavy atom. The van der Waals surface area contributed by atoms with E-state index < -0.39 is 0 Å². The molecule has 3 aliphatic rings. The maximum absolute atomic E-state index is 13.4. The molecule has 0 radical (unpaired) electrons. The third-order valence-corrected chi connectivity index (χ3v) is 7.27. The fraction of sp³-hybridized carbons (Fsp3) is 0.462. The molecule has 0 saturated carbocycles. The first-order valence-corrected chi connectivity index (χ1v) is 12.3. The predicted molar refractivity (Wildman–Crippen MR) is 129 cm³/mol. The smallest absolute Gasteiger partial charge is 0.324 e. The molecule has 1 aliphatic carbocycles. The van der Waals surface area contributed by atoms with Crippen LogP contribution >= 0.6 is 11.6 Å². The first-order chi connectivity index (χ1) is 16.0. The number of nitrogens with one attached hydrogen (secondary N) is 1. The van der Waals surface area contributed by atoms with Gasteiger partial charge in [-0.1, -0.05) is 35.9 Å². The molecule has 7 heteroatoms. The minimum absolute atomic E-state index is 0.0475. The molecule has 2 aromatic rings. The molecule has 0 aromatic heterocycles. The third-order valence-electron chi connectivity index (χ3n) is 7.03. The van der Waals surface area contributed by atoms with Crippen LogP contribution in [0.25, 0.3) is 0 Å². The summed E-state index contributed by atoms with van der Waals surface area (Å²) in [6.07, 6.45) is 4.42. The number of carbonyl (C=O) groups excluding carboxylic acids is 2. The summed E-state index contributed by atoms with van der Waals surface area (Å²) in [5, 5.41) is 3.87. The van der Waals surface area contributed by atoms with Crippen molar-refractivity contribution in [3.63, 3.8) is 0 Å². The number of piperidine rings is 1. The zero-order chi connectivity index (χ0) is 22.9.